The number of carboxylic acid groups (broad SMARTS) is 1. The van der Waals surface area contributed by atoms with Crippen LogP contribution in [0, 0.1) is 5.92 Å². The van der Waals surface area contributed by atoms with Crippen LogP contribution in [0.1, 0.15) is 51.9 Å². The fourth-order valence-corrected chi connectivity index (χ4v) is 2.97. The predicted molar refractivity (Wildman–Crippen MR) is 63.5 cm³/mol. The minimum Gasteiger partial charge on any atom is -0.479 e. The Balaban J connectivity index is 2.23. The maximum Gasteiger partial charge on any atom is 0.329 e. The smallest absolute Gasteiger partial charge is 0.329 e. The van der Waals surface area contributed by atoms with Crippen molar-refractivity contribution in [3.63, 3.8) is 0 Å². The van der Waals surface area contributed by atoms with E-state index in [4.69, 9.17) is 0 Å². The molecule has 1 N–H and O–H groups in total. The molecule has 2 aliphatic carbocycles. The van der Waals surface area contributed by atoms with E-state index in [1.807, 2.05) is 0 Å². The first-order valence-corrected chi connectivity index (χ1v) is 6.57. The highest BCUT2D eigenvalue weighted by Gasteiger charge is 2.49. The highest BCUT2D eigenvalue weighted by atomic mass is 16.4. The molecule has 2 saturated carbocycles. The minimum atomic E-state index is -0.923. The van der Waals surface area contributed by atoms with E-state index in [9.17, 15) is 14.7 Å². The van der Waals surface area contributed by atoms with Crippen molar-refractivity contribution < 1.29 is 14.7 Å². The molecule has 0 spiro atoms. The van der Waals surface area contributed by atoms with E-state index in [0.717, 1.165) is 38.5 Å². The summed E-state index contributed by atoms with van der Waals surface area (Å²) in [6.45, 7) is 2.17. The van der Waals surface area contributed by atoms with Gasteiger partial charge in [-0.1, -0.05) is 19.8 Å². The molecule has 4 heteroatoms. The molecule has 1 amide bonds. The van der Waals surface area contributed by atoms with Gasteiger partial charge in [-0.2, -0.15) is 0 Å². The van der Waals surface area contributed by atoms with E-state index in [2.05, 4.69) is 6.92 Å². The van der Waals surface area contributed by atoms with Gasteiger partial charge in [0.15, 0.2) is 0 Å². The second-order valence-electron chi connectivity index (χ2n) is 5.62. The lowest BCUT2D eigenvalue weighted by molar-refractivity contribution is -0.157. The maximum absolute atomic E-state index is 11.7. The molecule has 17 heavy (non-hydrogen) atoms. The normalized spacial score (nSPS) is 33.8. The van der Waals surface area contributed by atoms with Gasteiger partial charge in [-0.25, -0.2) is 4.79 Å². The standard InChI is InChI=1S/C13H21NO3/c1-10-3-2-7-13(8-6-10,12(16)17)14(9-15)11-4-5-11/h9-11H,2-8H2,1H3,(H,16,17). The van der Waals surface area contributed by atoms with Gasteiger partial charge in [-0.05, 0) is 38.0 Å². The molecule has 2 rings (SSSR count). The van der Waals surface area contributed by atoms with Crippen molar-refractivity contribution in [2.45, 2.75) is 63.5 Å². The summed E-state index contributed by atoms with van der Waals surface area (Å²) in [5, 5.41) is 9.58. The molecule has 96 valence electrons. The molecule has 2 aliphatic rings. The number of carbonyl (C=O) groups is 2. The molecule has 0 aromatic rings. The zero-order chi connectivity index (χ0) is 12.5. The topological polar surface area (TPSA) is 57.6 Å². The van der Waals surface area contributed by atoms with Crippen molar-refractivity contribution in [2.75, 3.05) is 0 Å². The quantitative estimate of drug-likeness (QED) is 0.603. The minimum absolute atomic E-state index is 0.178. The Morgan fingerprint density at radius 1 is 1.29 bits per heavy atom. The van der Waals surface area contributed by atoms with E-state index in [1.54, 1.807) is 4.90 Å². The van der Waals surface area contributed by atoms with Crippen LogP contribution in [0.3, 0.4) is 0 Å². The van der Waals surface area contributed by atoms with Crippen molar-refractivity contribution in [3.05, 3.63) is 0 Å². The molecule has 2 unspecified atom stereocenters. The largest absolute Gasteiger partial charge is 0.479 e. The van der Waals surface area contributed by atoms with Crippen LogP contribution in [-0.2, 0) is 9.59 Å². The number of carboxylic acids is 1. The molecule has 2 fully saturated rings. The molecule has 0 aromatic carbocycles. The molecule has 0 bridgehead atoms. The zero-order valence-corrected chi connectivity index (χ0v) is 10.4. The summed E-state index contributed by atoms with van der Waals surface area (Å²) >= 11 is 0. The Hall–Kier alpha value is -1.06. The van der Waals surface area contributed by atoms with Crippen molar-refractivity contribution in [1.29, 1.82) is 0 Å². The Morgan fingerprint density at radius 2 is 2.00 bits per heavy atom. The molecule has 0 saturated heterocycles. The van der Waals surface area contributed by atoms with Gasteiger partial charge in [0.1, 0.15) is 5.54 Å². The van der Waals surface area contributed by atoms with E-state index in [0.29, 0.717) is 18.8 Å². The highest BCUT2D eigenvalue weighted by Crippen LogP contribution is 2.40. The van der Waals surface area contributed by atoms with Crippen LogP contribution in [0.2, 0.25) is 0 Å². The van der Waals surface area contributed by atoms with Crippen LogP contribution in [0.4, 0.5) is 0 Å². The Morgan fingerprint density at radius 3 is 2.53 bits per heavy atom. The van der Waals surface area contributed by atoms with Crippen LogP contribution >= 0.6 is 0 Å². The number of nitrogens with zero attached hydrogens (tertiary/aromatic N) is 1. The number of aliphatic carboxylic acids is 1. The van der Waals surface area contributed by atoms with Crippen molar-refractivity contribution in [3.8, 4) is 0 Å². The van der Waals surface area contributed by atoms with E-state index in [1.165, 1.54) is 0 Å². The summed E-state index contributed by atoms with van der Waals surface area (Å²) in [5.41, 5.74) is -0.923. The molecular weight excluding hydrogens is 218 g/mol. The maximum atomic E-state index is 11.7. The van der Waals surface area contributed by atoms with Gasteiger partial charge in [-0.15, -0.1) is 0 Å². The fraction of sp³-hybridized carbons (Fsp3) is 0.846. The van der Waals surface area contributed by atoms with Crippen LogP contribution in [-0.4, -0.2) is 34.0 Å². The van der Waals surface area contributed by atoms with E-state index < -0.39 is 11.5 Å². The molecule has 0 aliphatic heterocycles. The first kappa shape index (κ1) is 12.4. The number of hydrogen-bond acceptors (Lipinski definition) is 2. The summed E-state index contributed by atoms with van der Waals surface area (Å²) in [6, 6.07) is 0.178. The monoisotopic (exact) mass is 239 g/mol. The van der Waals surface area contributed by atoms with Gasteiger partial charge >= 0.3 is 5.97 Å². The molecule has 0 radical (unpaired) electrons. The highest BCUT2D eigenvalue weighted by molar-refractivity contribution is 5.81. The average Bonchev–Trinajstić information content (AvgIpc) is 3.09. The molecule has 4 nitrogen and oxygen atoms in total. The third-order valence-electron chi connectivity index (χ3n) is 4.28. The van der Waals surface area contributed by atoms with Crippen LogP contribution in [0.5, 0.6) is 0 Å². The summed E-state index contributed by atoms with van der Waals surface area (Å²) in [4.78, 5) is 24.5. The fourth-order valence-electron chi connectivity index (χ4n) is 2.97. The van der Waals surface area contributed by atoms with E-state index in [-0.39, 0.29) is 6.04 Å². The summed E-state index contributed by atoms with van der Waals surface area (Å²) < 4.78 is 0. The molecular formula is C13H21NO3. The summed E-state index contributed by atoms with van der Waals surface area (Å²) in [7, 11) is 0. The van der Waals surface area contributed by atoms with Gasteiger partial charge < -0.3 is 10.0 Å². The third-order valence-corrected chi connectivity index (χ3v) is 4.28. The number of carbonyl (C=O) groups excluding carboxylic acids is 1. The Labute approximate surface area is 102 Å². The molecule has 0 heterocycles. The van der Waals surface area contributed by atoms with Gasteiger partial charge in [0.2, 0.25) is 6.41 Å². The first-order valence-electron chi connectivity index (χ1n) is 6.57. The summed E-state index contributed by atoms with van der Waals surface area (Å²) in [5.74, 6) is -0.241. The zero-order valence-electron chi connectivity index (χ0n) is 10.4. The second kappa shape index (κ2) is 4.67. The van der Waals surface area contributed by atoms with E-state index >= 15 is 0 Å². The first-order chi connectivity index (χ1) is 8.10. The lowest BCUT2D eigenvalue weighted by Gasteiger charge is -2.38. The molecule has 2 atom stereocenters. The Bertz CT molecular complexity index is 314. The van der Waals surface area contributed by atoms with Crippen molar-refractivity contribution in [2.24, 2.45) is 5.92 Å². The van der Waals surface area contributed by atoms with Crippen molar-refractivity contribution >= 4 is 12.4 Å². The predicted octanol–water partition coefficient (Wildman–Crippen LogP) is 2.03. The van der Waals surface area contributed by atoms with Gasteiger partial charge in [-0.3, -0.25) is 4.79 Å². The van der Waals surface area contributed by atoms with Gasteiger partial charge in [0.25, 0.3) is 0 Å². The Kier molecular flexibility index (Phi) is 3.40. The van der Waals surface area contributed by atoms with Crippen LogP contribution < -0.4 is 0 Å². The van der Waals surface area contributed by atoms with Crippen LogP contribution in [0.15, 0.2) is 0 Å². The average molecular weight is 239 g/mol. The number of amides is 1. The SMILES string of the molecule is CC1CCCC(C(=O)O)(N(C=O)C2CC2)CC1. The van der Waals surface area contributed by atoms with Gasteiger partial charge in [0, 0.05) is 6.04 Å². The lowest BCUT2D eigenvalue weighted by Crippen LogP contribution is -2.55. The third kappa shape index (κ3) is 2.31. The number of hydrogen-bond donors (Lipinski definition) is 1. The van der Waals surface area contributed by atoms with Crippen molar-refractivity contribution in [1.82, 2.24) is 4.90 Å². The lowest BCUT2D eigenvalue weighted by atomic mass is 9.88. The van der Waals surface area contributed by atoms with Crippen LogP contribution in [0.25, 0.3) is 0 Å². The molecule has 0 aromatic heterocycles. The summed E-state index contributed by atoms with van der Waals surface area (Å²) in [6.07, 6.45) is 6.80. The number of rotatable bonds is 4. The van der Waals surface area contributed by atoms with Gasteiger partial charge in [0.05, 0.1) is 0 Å². The second-order valence-corrected chi connectivity index (χ2v) is 5.62.